The number of nitrogens with zero attached hydrogens (tertiary/aromatic N) is 2. The van der Waals surface area contributed by atoms with Gasteiger partial charge in [-0.1, -0.05) is 0 Å². The van der Waals surface area contributed by atoms with E-state index in [0.717, 1.165) is 17.6 Å². The highest BCUT2D eigenvalue weighted by Gasteiger charge is 2.23. The van der Waals surface area contributed by atoms with Crippen LogP contribution >= 0.6 is 28.3 Å². The van der Waals surface area contributed by atoms with Crippen molar-refractivity contribution in [1.29, 1.82) is 0 Å². The van der Waals surface area contributed by atoms with Gasteiger partial charge >= 0.3 is 0 Å². The van der Waals surface area contributed by atoms with Crippen molar-refractivity contribution in [2.45, 2.75) is 19.5 Å². The molecule has 0 aromatic carbocycles. The highest BCUT2D eigenvalue weighted by molar-refractivity contribution is 9.10. The van der Waals surface area contributed by atoms with Gasteiger partial charge in [0.15, 0.2) is 0 Å². The van der Waals surface area contributed by atoms with Crippen molar-refractivity contribution in [3.8, 4) is 0 Å². The Morgan fingerprint density at radius 3 is 2.95 bits per heavy atom. The van der Waals surface area contributed by atoms with E-state index in [2.05, 4.69) is 21.2 Å². The molecule has 1 fully saturated rings. The largest absolute Gasteiger partial charge is 0.336 e. The van der Waals surface area contributed by atoms with Gasteiger partial charge in [0.1, 0.15) is 6.54 Å². The minimum absolute atomic E-state index is 0. The number of carbonyl (C=O) groups is 1. The fourth-order valence-corrected chi connectivity index (χ4v) is 2.45. The van der Waals surface area contributed by atoms with Gasteiger partial charge in [-0.25, -0.2) is 0 Å². The van der Waals surface area contributed by atoms with Crippen LogP contribution < -0.4 is 10.9 Å². The van der Waals surface area contributed by atoms with Crippen LogP contribution in [0, 0.1) is 0 Å². The fourth-order valence-electron chi connectivity index (χ4n) is 2.07. The highest BCUT2D eigenvalue weighted by atomic mass is 79.9. The SMILES string of the molecule is C[C@H]1CNCCN1C(=O)Cn1cc(Br)ccc1=O.Cl. The van der Waals surface area contributed by atoms with Gasteiger partial charge in [-0.05, 0) is 28.9 Å². The van der Waals surface area contributed by atoms with E-state index in [4.69, 9.17) is 0 Å². The van der Waals surface area contributed by atoms with Gasteiger partial charge in [-0.2, -0.15) is 0 Å². The molecule has 1 N–H and O–H groups in total. The lowest BCUT2D eigenvalue weighted by atomic mass is 10.2. The Balaban J connectivity index is 0.00000180. The molecule has 1 aromatic rings. The van der Waals surface area contributed by atoms with Crippen molar-refractivity contribution >= 4 is 34.2 Å². The molecule has 0 saturated carbocycles. The summed E-state index contributed by atoms with van der Waals surface area (Å²) in [6, 6.07) is 3.31. The van der Waals surface area contributed by atoms with Gasteiger partial charge in [0.05, 0.1) is 0 Å². The van der Waals surface area contributed by atoms with Crippen molar-refractivity contribution in [3.05, 3.63) is 33.2 Å². The van der Waals surface area contributed by atoms with Gasteiger partial charge < -0.3 is 14.8 Å². The number of hydrogen-bond acceptors (Lipinski definition) is 3. The Kier molecular flexibility index (Phi) is 6.03. The first-order valence-electron chi connectivity index (χ1n) is 5.94. The van der Waals surface area contributed by atoms with Crippen LogP contribution in [0.5, 0.6) is 0 Å². The van der Waals surface area contributed by atoms with Crippen LogP contribution in [0.1, 0.15) is 6.92 Å². The molecule has 0 spiro atoms. The summed E-state index contributed by atoms with van der Waals surface area (Å²) in [4.78, 5) is 25.6. The lowest BCUT2D eigenvalue weighted by Crippen LogP contribution is -2.53. The first kappa shape index (κ1) is 16.2. The molecule has 5 nitrogen and oxygen atoms in total. The van der Waals surface area contributed by atoms with E-state index in [-0.39, 0.29) is 36.5 Å². The van der Waals surface area contributed by atoms with E-state index in [9.17, 15) is 9.59 Å². The normalized spacial score (nSPS) is 18.8. The summed E-state index contributed by atoms with van der Waals surface area (Å²) in [7, 11) is 0. The predicted octanol–water partition coefficient (Wildman–Crippen LogP) is 0.853. The van der Waals surface area contributed by atoms with E-state index in [1.165, 1.54) is 10.6 Å². The van der Waals surface area contributed by atoms with Crippen LogP contribution in [-0.4, -0.2) is 41.1 Å². The zero-order valence-corrected chi connectivity index (χ0v) is 13.0. The van der Waals surface area contributed by atoms with Gasteiger partial charge in [0.2, 0.25) is 5.91 Å². The number of amides is 1. The summed E-state index contributed by atoms with van der Waals surface area (Å²) < 4.78 is 2.23. The Labute approximate surface area is 126 Å². The van der Waals surface area contributed by atoms with E-state index in [1.807, 2.05) is 11.8 Å². The van der Waals surface area contributed by atoms with Crippen LogP contribution in [0.3, 0.4) is 0 Å². The summed E-state index contributed by atoms with van der Waals surface area (Å²) in [5, 5.41) is 3.23. The maximum Gasteiger partial charge on any atom is 0.251 e. The van der Waals surface area contributed by atoms with Crippen molar-refractivity contribution < 1.29 is 4.79 Å². The van der Waals surface area contributed by atoms with E-state index in [0.29, 0.717) is 6.54 Å². The average Bonchev–Trinajstić information content (AvgIpc) is 2.34. The van der Waals surface area contributed by atoms with Gasteiger partial charge in [0, 0.05) is 42.4 Å². The number of hydrogen-bond donors (Lipinski definition) is 1. The molecule has 1 aromatic heterocycles. The molecule has 0 bridgehead atoms. The van der Waals surface area contributed by atoms with Crippen LogP contribution in [-0.2, 0) is 11.3 Å². The molecule has 0 radical (unpaired) electrons. The third-order valence-corrected chi connectivity index (χ3v) is 3.54. The summed E-state index contributed by atoms with van der Waals surface area (Å²) in [6.45, 7) is 4.42. The molecule has 19 heavy (non-hydrogen) atoms. The molecule has 0 aliphatic carbocycles. The maximum absolute atomic E-state index is 12.2. The molecular weight excluding hydrogens is 334 g/mol. The second kappa shape index (κ2) is 7.07. The lowest BCUT2D eigenvalue weighted by Gasteiger charge is -2.34. The molecular formula is C12H17BrClN3O2. The standard InChI is InChI=1S/C12H16BrN3O2.ClH/c1-9-6-14-4-5-16(9)12(18)8-15-7-10(13)2-3-11(15)17;/h2-3,7,9,14H,4-6,8H2,1H3;1H/t9-;/m0./s1. The molecule has 2 heterocycles. The van der Waals surface area contributed by atoms with E-state index < -0.39 is 0 Å². The van der Waals surface area contributed by atoms with Crippen molar-refractivity contribution in [1.82, 2.24) is 14.8 Å². The van der Waals surface area contributed by atoms with Crippen LogP contribution in [0.4, 0.5) is 0 Å². The Hall–Kier alpha value is -0.850. The minimum atomic E-state index is -0.158. The molecule has 1 aliphatic heterocycles. The Bertz CT molecular complexity index is 506. The summed E-state index contributed by atoms with van der Waals surface area (Å²) in [6.07, 6.45) is 1.65. The molecule has 2 rings (SSSR count). The monoisotopic (exact) mass is 349 g/mol. The first-order valence-corrected chi connectivity index (χ1v) is 6.73. The number of pyridine rings is 1. The number of carbonyl (C=O) groups excluding carboxylic acids is 1. The number of aromatic nitrogens is 1. The summed E-state index contributed by atoms with van der Waals surface area (Å²) in [5.41, 5.74) is -0.158. The van der Waals surface area contributed by atoms with Gasteiger partial charge in [-0.3, -0.25) is 9.59 Å². The highest BCUT2D eigenvalue weighted by Crippen LogP contribution is 2.07. The predicted molar refractivity (Wildman–Crippen MR) is 79.7 cm³/mol. The molecule has 0 unspecified atom stereocenters. The van der Waals surface area contributed by atoms with Crippen molar-refractivity contribution in [2.24, 2.45) is 0 Å². The molecule has 1 saturated heterocycles. The van der Waals surface area contributed by atoms with Crippen molar-refractivity contribution in [3.63, 3.8) is 0 Å². The van der Waals surface area contributed by atoms with Crippen LogP contribution in [0.2, 0.25) is 0 Å². The first-order chi connectivity index (χ1) is 8.58. The summed E-state index contributed by atoms with van der Waals surface area (Å²) >= 11 is 3.30. The number of nitrogens with one attached hydrogen (secondary N) is 1. The fraction of sp³-hybridized carbons (Fsp3) is 0.500. The third kappa shape index (κ3) is 4.06. The third-order valence-electron chi connectivity index (χ3n) is 3.07. The number of piperazine rings is 1. The summed E-state index contributed by atoms with van der Waals surface area (Å²) in [5.74, 6) is -0.01000. The van der Waals surface area contributed by atoms with E-state index in [1.54, 1.807) is 12.3 Å². The van der Waals surface area contributed by atoms with Crippen LogP contribution in [0.25, 0.3) is 0 Å². The topological polar surface area (TPSA) is 54.3 Å². The average molecular weight is 351 g/mol. The zero-order chi connectivity index (χ0) is 13.1. The molecule has 1 amide bonds. The number of halogens is 2. The number of rotatable bonds is 2. The Morgan fingerprint density at radius 2 is 2.26 bits per heavy atom. The quantitative estimate of drug-likeness (QED) is 0.860. The Morgan fingerprint density at radius 1 is 1.53 bits per heavy atom. The molecule has 1 aliphatic rings. The van der Waals surface area contributed by atoms with Gasteiger partial charge in [-0.15, -0.1) is 12.4 Å². The van der Waals surface area contributed by atoms with Gasteiger partial charge in [0.25, 0.3) is 5.56 Å². The minimum Gasteiger partial charge on any atom is -0.336 e. The smallest absolute Gasteiger partial charge is 0.251 e. The van der Waals surface area contributed by atoms with Crippen molar-refractivity contribution in [2.75, 3.05) is 19.6 Å². The van der Waals surface area contributed by atoms with E-state index >= 15 is 0 Å². The lowest BCUT2D eigenvalue weighted by molar-refractivity contribution is -0.134. The molecule has 7 heteroatoms. The zero-order valence-electron chi connectivity index (χ0n) is 10.6. The second-order valence-electron chi connectivity index (χ2n) is 4.45. The second-order valence-corrected chi connectivity index (χ2v) is 5.37. The molecule has 106 valence electrons. The maximum atomic E-state index is 12.2. The van der Waals surface area contributed by atoms with Crippen LogP contribution in [0.15, 0.2) is 27.6 Å². The molecule has 1 atom stereocenters.